The van der Waals surface area contributed by atoms with E-state index < -0.39 is 0 Å². The molecular weight excluding hydrogens is 655 g/mol. The van der Waals surface area contributed by atoms with E-state index in [0.717, 1.165) is 17.1 Å². The first-order valence-corrected chi connectivity index (χ1v) is 18.9. The van der Waals surface area contributed by atoms with Gasteiger partial charge in [0, 0.05) is 57.3 Å². The smallest absolute Gasteiger partial charge is 0.0540 e. The van der Waals surface area contributed by atoms with Crippen LogP contribution in [0.5, 0.6) is 0 Å². The lowest BCUT2D eigenvalue weighted by atomic mass is 9.95. The van der Waals surface area contributed by atoms with Gasteiger partial charge in [0.05, 0.1) is 5.69 Å². The fraction of sp³-hybridized carbons (Fsp3) is 0. The average molecular weight is 686 g/mol. The van der Waals surface area contributed by atoms with Crippen LogP contribution < -0.4 is 4.90 Å². The lowest BCUT2D eigenvalue weighted by molar-refractivity contribution is 1.30. The van der Waals surface area contributed by atoms with Crippen LogP contribution in [0.25, 0.3) is 73.7 Å². The van der Waals surface area contributed by atoms with E-state index in [1.165, 1.54) is 73.7 Å². The Morgan fingerprint density at radius 1 is 0.294 bits per heavy atom. The Bertz CT molecular complexity index is 2730. The molecule has 240 valence electrons. The molecule has 2 heterocycles. The van der Waals surface area contributed by atoms with Crippen LogP contribution in [0, 0.1) is 0 Å². The van der Waals surface area contributed by atoms with Crippen molar-refractivity contribution in [1.82, 2.24) is 0 Å². The van der Waals surface area contributed by atoms with E-state index in [2.05, 4.69) is 193 Å². The van der Waals surface area contributed by atoms with Gasteiger partial charge < -0.3 is 4.90 Å². The number of nitrogens with zero attached hydrogens (tertiary/aromatic N) is 1. The van der Waals surface area contributed by atoms with Gasteiger partial charge in [-0.25, -0.2) is 0 Å². The Morgan fingerprint density at radius 3 is 1.29 bits per heavy atom. The largest absolute Gasteiger partial charge is 0.310 e. The standard InChI is InChI=1S/C48H31NS2/c1-3-11-32(12-4-1)33-19-21-34(22-20-33)36-23-28-44(43(29-36)35-13-5-2-6-14-35)49(37-24-26-41-39-15-7-9-17-45(39)50-47(41)30-37)38-25-27-42-40-16-8-10-18-46(40)51-48(42)31-38/h1-31H. The zero-order chi connectivity index (χ0) is 33.7. The minimum Gasteiger partial charge on any atom is -0.310 e. The van der Waals surface area contributed by atoms with Crippen LogP contribution >= 0.6 is 22.7 Å². The molecular formula is C48H31NS2. The molecule has 0 aliphatic carbocycles. The number of hydrogen-bond acceptors (Lipinski definition) is 3. The topological polar surface area (TPSA) is 3.24 Å². The van der Waals surface area contributed by atoms with Crippen molar-refractivity contribution in [3.05, 3.63) is 188 Å². The molecule has 2 aromatic heterocycles. The van der Waals surface area contributed by atoms with Crippen LogP contribution in [0.15, 0.2) is 188 Å². The van der Waals surface area contributed by atoms with Crippen molar-refractivity contribution >= 4 is 80.1 Å². The Morgan fingerprint density at radius 2 is 0.725 bits per heavy atom. The molecule has 8 aromatic carbocycles. The third-order valence-corrected chi connectivity index (χ3v) is 12.2. The third kappa shape index (κ3) is 5.30. The van der Waals surface area contributed by atoms with E-state index in [0.29, 0.717) is 0 Å². The fourth-order valence-corrected chi connectivity index (χ4v) is 9.66. The van der Waals surface area contributed by atoms with E-state index in [9.17, 15) is 0 Å². The monoisotopic (exact) mass is 685 g/mol. The van der Waals surface area contributed by atoms with Crippen molar-refractivity contribution in [3.8, 4) is 33.4 Å². The molecule has 0 saturated heterocycles. The summed E-state index contributed by atoms with van der Waals surface area (Å²) in [7, 11) is 0. The van der Waals surface area contributed by atoms with Crippen LogP contribution in [0.1, 0.15) is 0 Å². The van der Waals surface area contributed by atoms with Gasteiger partial charge in [-0.1, -0.05) is 140 Å². The highest BCUT2D eigenvalue weighted by Gasteiger charge is 2.20. The second-order valence-electron chi connectivity index (χ2n) is 12.9. The van der Waals surface area contributed by atoms with Crippen molar-refractivity contribution in [3.63, 3.8) is 0 Å². The number of benzene rings is 8. The zero-order valence-corrected chi connectivity index (χ0v) is 29.3. The summed E-state index contributed by atoms with van der Waals surface area (Å²) in [4.78, 5) is 2.46. The van der Waals surface area contributed by atoms with Crippen LogP contribution in [0.2, 0.25) is 0 Å². The quantitative estimate of drug-likeness (QED) is 0.168. The maximum absolute atomic E-state index is 2.46. The Hall–Kier alpha value is -6.00. The number of fused-ring (bicyclic) bond motifs is 6. The summed E-state index contributed by atoms with van der Waals surface area (Å²) in [6, 6.07) is 68.7. The van der Waals surface area contributed by atoms with E-state index in [-0.39, 0.29) is 0 Å². The molecule has 0 N–H and O–H groups in total. The van der Waals surface area contributed by atoms with E-state index in [1.54, 1.807) is 0 Å². The molecule has 0 unspecified atom stereocenters. The van der Waals surface area contributed by atoms with Gasteiger partial charge in [0.25, 0.3) is 0 Å². The minimum atomic E-state index is 1.15. The Balaban J connectivity index is 1.17. The summed E-state index contributed by atoms with van der Waals surface area (Å²) < 4.78 is 5.21. The van der Waals surface area contributed by atoms with E-state index in [1.807, 2.05) is 22.7 Å². The molecule has 0 saturated carbocycles. The summed E-state index contributed by atoms with van der Waals surface area (Å²) in [5, 5.41) is 5.23. The summed E-state index contributed by atoms with van der Waals surface area (Å²) in [5.74, 6) is 0. The van der Waals surface area contributed by atoms with E-state index >= 15 is 0 Å². The maximum atomic E-state index is 2.46. The first-order valence-electron chi connectivity index (χ1n) is 17.2. The predicted octanol–water partition coefficient (Wildman–Crippen LogP) is 14.9. The van der Waals surface area contributed by atoms with Crippen molar-refractivity contribution in [1.29, 1.82) is 0 Å². The molecule has 0 fully saturated rings. The highest BCUT2D eigenvalue weighted by atomic mass is 32.1. The van der Waals surface area contributed by atoms with Gasteiger partial charge in [-0.05, 0) is 76.3 Å². The molecule has 0 radical (unpaired) electrons. The summed E-state index contributed by atoms with van der Waals surface area (Å²) in [6.45, 7) is 0. The molecule has 1 nitrogen and oxygen atoms in total. The first-order chi connectivity index (χ1) is 25.3. The molecule has 0 aliphatic rings. The maximum Gasteiger partial charge on any atom is 0.0540 e. The van der Waals surface area contributed by atoms with Gasteiger partial charge in [0.2, 0.25) is 0 Å². The number of hydrogen-bond donors (Lipinski definition) is 0. The molecule has 0 spiro atoms. The number of thiophene rings is 2. The summed E-state index contributed by atoms with van der Waals surface area (Å²) in [6.07, 6.45) is 0. The van der Waals surface area contributed by atoms with Crippen molar-refractivity contribution in [2.24, 2.45) is 0 Å². The Labute approximate surface area is 304 Å². The lowest BCUT2D eigenvalue weighted by Gasteiger charge is -2.28. The van der Waals surface area contributed by atoms with Crippen molar-refractivity contribution in [2.75, 3.05) is 4.90 Å². The molecule has 0 atom stereocenters. The zero-order valence-electron chi connectivity index (χ0n) is 27.7. The fourth-order valence-electron chi connectivity index (χ4n) is 7.38. The van der Waals surface area contributed by atoms with Crippen molar-refractivity contribution in [2.45, 2.75) is 0 Å². The molecule has 10 aromatic rings. The van der Waals surface area contributed by atoms with Gasteiger partial charge in [0.1, 0.15) is 0 Å². The number of anilines is 3. The van der Waals surface area contributed by atoms with Gasteiger partial charge in [-0.15, -0.1) is 22.7 Å². The van der Waals surface area contributed by atoms with Crippen LogP contribution in [0.4, 0.5) is 17.1 Å². The third-order valence-electron chi connectivity index (χ3n) is 9.89. The molecule has 3 heteroatoms. The molecule has 0 amide bonds. The normalized spacial score (nSPS) is 11.5. The van der Waals surface area contributed by atoms with Gasteiger partial charge in [0.15, 0.2) is 0 Å². The molecule has 10 rings (SSSR count). The molecule has 0 bridgehead atoms. The molecule has 0 aliphatic heterocycles. The van der Waals surface area contributed by atoms with Gasteiger partial charge in [-0.3, -0.25) is 0 Å². The van der Waals surface area contributed by atoms with E-state index in [4.69, 9.17) is 0 Å². The lowest BCUT2D eigenvalue weighted by Crippen LogP contribution is -2.11. The second kappa shape index (κ2) is 12.4. The summed E-state index contributed by atoms with van der Waals surface area (Å²) in [5.41, 5.74) is 10.6. The van der Waals surface area contributed by atoms with Gasteiger partial charge in [-0.2, -0.15) is 0 Å². The highest BCUT2D eigenvalue weighted by Crippen LogP contribution is 2.46. The SMILES string of the molecule is c1ccc(-c2ccc(-c3ccc(N(c4ccc5c(c4)sc4ccccc45)c4ccc5c(c4)sc4ccccc45)c(-c4ccccc4)c3)cc2)cc1. The number of rotatable bonds is 6. The average Bonchev–Trinajstić information content (AvgIpc) is 3.76. The molecule has 51 heavy (non-hydrogen) atoms. The predicted molar refractivity (Wildman–Crippen MR) is 223 cm³/mol. The highest BCUT2D eigenvalue weighted by molar-refractivity contribution is 7.26. The Kier molecular flexibility index (Phi) is 7.26. The van der Waals surface area contributed by atoms with Gasteiger partial charge >= 0.3 is 0 Å². The van der Waals surface area contributed by atoms with Crippen LogP contribution in [0.3, 0.4) is 0 Å². The second-order valence-corrected chi connectivity index (χ2v) is 15.1. The summed E-state index contributed by atoms with van der Waals surface area (Å²) >= 11 is 3.73. The van der Waals surface area contributed by atoms with Crippen LogP contribution in [-0.2, 0) is 0 Å². The first kappa shape index (κ1) is 29.9. The van der Waals surface area contributed by atoms with Crippen LogP contribution in [-0.4, -0.2) is 0 Å². The minimum absolute atomic E-state index is 1.15. The van der Waals surface area contributed by atoms with Crippen molar-refractivity contribution < 1.29 is 0 Å².